The van der Waals surface area contributed by atoms with E-state index in [2.05, 4.69) is 17.1 Å². The average Bonchev–Trinajstić information content (AvgIpc) is 3.44. The van der Waals surface area contributed by atoms with Crippen molar-refractivity contribution in [3.63, 3.8) is 0 Å². The zero-order valence-corrected chi connectivity index (χ0v) is 21.8. The van der Waals surface area contributed by atoms with E-state index in [1.54, 1.807) is 18.2 Å². The standard InChI is InChI=1S/C30H30ClN3O3/c1-3-4-5-15-37-23-8-6-7-21(16-23)29-26-27(24-17-22(31)13-14-25(24)35)32-33-28(26)30(36)34(29)18-20-11-9-19(2)10-12-20/h6-14,16-17,29,35H,3-5,15,18H2,1-2H3,(H,32,33). The summed E-state index contributed by atoms with van der Waals surface area (Å²) < 4.78 is 6.04. The lowest BCUT2D eigenvalue weighted by atomic mass is 9.95. The lowest BCUT2D eigenvalue weighted by Crippen LogP contribution is -2.29. The van der Waals surface area contributed by atoms with Crippen molar-refractivity contribution in [3.05, 3.63) is 99.7 Å². The third-order valence-corrected chi connectivity index (χ3v) is 6.98. The third-order valence-electron chi connectivity index (χ3n) is 6.74. The largest absolute Gasteiger partial charge is 0.507 e. The van der Waals surface area contributed by atoms with Gasteiger partial charge in [0.2, 0.25) is 0 Å². The van der Waals surface area contributed by atoms with E-state index in [0.717, 1.165) is 47.3 Å². The molecule has 0 saturated heterocycles. The fourth-order valence-electron chi connectivity index (χ4n) is 4.82. The number of carbonyl (C=O) groups is 1. The minimum Gasteiger partial charge on any atom is -0.507 e. The number of nitrogens with one attached hydrogen (secondary N) is 1. The smallest absolute Gasteiger partial charge is 0.273 e. The minimum atomic E-state index is -0.421. The van der Waals surface area contributed by atoms with Crippen molar-refractivity contribution in [3.8, 4) is 22.8 Å². The Hall–Kier alpha value is -3.77. The Kier molecular flexibility index (Phi) is 7.19. The van der Waals surface area contributed by atoms with Crippen molar-refractivity contribution in [1.82, 2.24) is 15.1 Å². The normalized spacial score (nSPS) is 14.7. The van der Waals surface area contributed by atoms with Gasteiger partial charge in [-0.25, -0.2) is 0 Å². The van der Waals surface area contributed by atoms with E-state index in [0.29, 0.717) is 35.1 Å². The Morgan fingerprint density at radius 1 is 1.08 bits per heavy atom. The van der Waals surface area contributed by atoms with Gasteiger partial charge >= 0.3 is 0 Å². The number of fused-ring (bicyclic) bond motifs is 1. The predicted octanol–water partition coefficient (Wildman–Crippen LogP) is 7.06. The molecule has 1 amide bonds. The highest BCUT2D eigenvalue weighted by Gasteiger charge is 2.42. The first-order valence-corrected chi connectivity index (χ1v) is 13.0. The summed E-state index contributed by atoms with van der Waals surface area (Å²) in [4.78, 5) is 15.6. The Balaban J connectivity index is 1.58. The first kappa shape index (κ1) is 24.9. The number of carbonyl (C=O) groups excluding carboxylic acids is 1. The molecule has 1 aliphatic rings. The van der Waals surface area contributed by atoms with Crippen molar-refractivity contribution in [2.45, 2.75) is 45.7 Å². The highest BCUT2D eigenvalue weighted by Crippen LogP contribution is 2.46. The first-order chi connectivity index (χ1) is 18.0. The number of phenolic OH excluding ortho intramolecular Hbond substituents is 1. The molecule has 0 bridgehead atoms. The number of unbranched alkanes of at least 4 members (excludes halogenated alkanes) is 2. The van der Waals surface area contributed by atoms with Crippen LogP contribution < -0.4 is 4.74 Å². The van der Waals surface area contributed by atoms with Crippen LogP contribution in [0.4, 0.5) is 0 Å². The number of amides is 1. The molecule has 0 fully saturated rings. The van der Waals surface area contributed by atoms with Crippen molar-refractivity contribution < 1.29 is 14.6 Å². The second-order valence-corrected chi connectivity index (χ2v) is 9.91. The molecule has 6 nitrogen and oxygen atoms in total. The number of phenols is 1. The van der Waals surface area contributed by atoms with Gasteiger partial charge in [0.1, 0.15) is 22.9 Å². The number of aromatic hydroxyl groups is 1. The molecule has 5 rings (SSSR count). The Morgan fingerprint density at radius 3 is 2.68 bits per heavy atom. The number of hydrogen-bond acceptors (Lipinski definition) is 4. The summed E-state index contributed by atoms with van der Waals surface area (Å²) in [5, 5.41) is 18.5. The van der Waals surface area contributed by atoms with Gasteiger partial charge in [0.15, 0.2) is 0 Å². The topological polar surface area (TPSA) is 78.5 Å². The van der Waals surface area contributed by atoms with Crippen LogP contribution in [0.15, 0.2) is 66.7 Å². The zero-order valence-electron chi connectivity index (χ0n) is 21.0. The molecular formula is C30H30ClN3O3. The van der Waals surface area contributed by atoms with Crippen LogP contribution in [0.25, 0.3) is 11.3 Å². The van der Waals surface area contributed by atoms with E-state index in [1.807, 2.05) is 60.4 Å². The Bertz CT molecular complexity index is 1410. The number of aromatic nitrogens is 2. The SMILES string of the molecule is CCCCCOc1cccc(C2c3c(-c4cc(Cl)ccc4O)n[nH]c3C(=O)N2Cc2ccc(C)cc2)c1. The molecule has 190 valence electrons. The lowest BCUT2D eigenvalue weighted by Gasteiger charge is -2.27. The number of rotatable bonds is 9. The maximum Gasteiger partial charge on any atom is 0.273 e. The number of hydrogen-bond donors (Lipinski definition) is 2. The van der Waals surface area contributed by atoms with Gasteiger partial charge in [0.25, 0.3) is 5.91 Å². The van der Waals surface area contributed by atoms with Crippen LogP contribution in [0, 0.1) is 6.92 Å². The molecule has 1 aliphatic heterocycles. The molecule has 37 heavy (non-hydrogen) atoms. The summed E-state index contributed by atoms with van der Waals surface area (Å²) in [6, 6.07) is 20.5. The van der Waals surface area contributed by atoms with Gasteiger partial charge in [-0.1, -0.05) is 73.3 Å². The molecule has 0 aliphatic carbocycles. The summed E-state index contributed by atoms with van der Waals surface area (Å²) in [6.07, 6.45) is 3.24. The van der Waals surface area contributed by atoms with Gasteiger partial charge < -0.3 is 14.7 Å². The summed E-state index contributed by atoms with van der Waals surface area (Å²) in [5.41, 5.74) is 5.23. The number of aryl methyl sites for hydroxylation is 1. The van der Waals surface area contributed by atoms with E-state index in [9.17, 15) is 9.90 Å². The summed E-state index contributed by atoms with van der Waals surface area (Å²) in [7, 11) is 0. The van der Waals surface area contributed by atoms with Crippen LogP contribution >= 0.6 is 11.6 Å². The molecule has 3 aromatic carbocycles. The van der Waals surface area contributed by atoms with E-state index >= 15 is 0 Å². The third kappa shape index (κ3) is 5.07. The monoisotopic (exact) mass is 515 g/mol. The van der Waals surface area contributed by atoms with E-state index in [4.69, 9.17) is 16.3 Å². The number of halogens is 1. The summed E-state index contributed by atoms with van der Waals surface area (Å²) in [6.45, 7) is 5.28. The minimum absolute atomic E-state index is 0.0508. The van der Waals surface area contributed by atoms with Gasteiger partial charge in [-0.3, -0.25) is 9.89 Å². The molecule has 0 saturated carbocycles. The number of benzene rings is 3. The molecule has 0 spiro atoms. The van der Waals surface area contributed by atoms with Crippen molar-refractivity contribution in [2.24, 2.45) is 0 Å². The van der Waals surface area contributed by atoms with Crippen LogP contribution in [0.2, 0.25) is 5.02 Å². The molecule has 2 heterocycles. The molecule has 1 aromatic heterocycles. The summed E-state index contributed by atoms with van der Waals surface area (Å²) in [5.74, 6) is 0.672. The van der Waals surface area contributed by atoms with E-state index in [-0.39, 0.29) is 11.7 Å². The zero-order chi connectivity index (χ0) is 25.9. The maximum atomic E-state index is 13.7. The predicted molar refractivity (Wildman–Crippen MR) is 145 cm³/mol. The lowest BCUT2D eigenvalue weighted by molar-refractivity contribution is 0.0730. The maximum absolute atomic E-state index is 13.7. The highest BCUT2D eigenvalue weighted by atomic mass is 35.5. The van der Waals surface area contributed by atoms with Crippen molar-refractivity contribution in [1.29, 1.82) is 0 Å². The van der Waals surface area contributed by atoms with E-state index in [1.165, 1.54) is 0 Å². The second-order valence-electron chi connectivity index (χ2n) is 9.47. The Morgan fingerprint density at radius 2 is 1.89 bits per heavy atom. The Labute approximate surface area is 221 Å². The van der Waals surface area contributed by atoms with Crippen LogP contribution in [-0.2, 0) is 6.54 Å². The summed E-state index contributed by atoms with van der Waals surface area (Å²) >= 11 is 6.26. The fourth-order valence-corrected chi connectivity index (χ4v) is 4.99. The van der Waals surface area contributed by atoms with Gasteiger partial charge in [-0.15, -0.1) is 0 Å². The van der Waals surface area contributed by atoms with Crippen LogP contribution in [0.1, 0.15) is 65.0 Å². The van der Waals surface area contributed by atoms with E-state index < -0.39 is 6.04 Å². The molecule has 0 radical (unpaired) electrons. The highest BCUT2D eigenvalue weighted by molar-refractivity contribution is 6.31. The molecule has 1 atom stereocenters. The number of nitrogens with zero attached hydrogens (tertiary/aromatic N) is 2. The molecule has 4 aromatic rings. The van der Waals surface area contributed by atoms with Gasteiger partial charge in [-0.2, -0.15) is 5.10 Å². The number of aromatic amines is 1. The molecule has 2 N–H and O–H groups in total. The van der Waals surface area contributed by atoms with Crippen LogP contribution in [-0.4, -0.2) is 32.7 Å². The van der Waals surface area contributed by atoms with Gasteiger partial charge in [0.05, 0.1) is 12.6 Å². The molecular weight excluding hydrogens is 486 g/mol. The second kappa shape index (κ2) is 10.7. The van der Waals surface area contributed by atoms with Crippen molar-refractivity contribution in [2.75, 3.05) is 6.61 Å². The average molecular weight is 516 g/mol. The first-order valence-electron chi connectivity index (χ1n) is 12.6. The molecule has 7 heteroatoms. The number of H-pyrrole nitrogens is 1. The van der Waals surface area contributed by atoms with Crippen LogP contribution in [0.3, 0.4) is 0 Å². The fraction of sp³-hybridized carbons (Fsp3) is 0.267. The molecule has 1 unspecified atom stereocenters. The quantitative estimate of drug-likeness (QED) is 0.234. The van der Waals surface area contributed by atoms with Crippen molar-refractivity contribution >= 4 is 17.5 Å². The number of ether oxygens (including phenoxy) is 1. The van der Waals surface area contributed by atoms with Gasteiger partial charge in [0, 0.05) is 22.7 Å². The van der Waals surface area contributed by atoms with Gasteiger partial charge in [-0.05, 0) is 54.8 Å². The van der Waals surface area contributed by atoms with Crippen LogP contribution in [0.5, 0.6) is 11.5 Å².